The van der Waals surface area contributed by atoms with Crippen molar-refractivity contribution in [3.8, 4) is 11.3 Å². The quantitative estimate of drug-likeness (QED) is 0.402. The number of anilines is 2. The zero-order valence-corrected chi connectivity index (χ0v) is 17.4. The SMILES string of the molecule is O=C(CSc1ncc(-c2ccccc2)nn1)N1c2ccccc2Sc2ccccc21. The molecule has 3 aromatic carbocycles. The van der Waals surface area contributed by atoms with Gasteiger partial charge in [-0.25, -0.2) is 4.98 Å². The summed E-state index contributed by atoms with van der Waals surface area (Å²) >= 11 is 2.97. The topological polar surface area (TPSA) is 59.0 Å². The second-order valence-corrected chi connectivity index (χ2v) is 8.57. The van der Waals surface area contributed by atoms with Gasteiger partial charge in [0, 0.05) is 15.4 Å². The number of hydrogen-bond donors (Lipinski definition) is 0. The fourth-order valence-corrected chi connectivity index (χ4v) is 4.90. The molecule has 0 saturated heterocycles. The van der Waals surface area contributed by atoms with Crippen LogP contribution in [0.25, 0.3) is 11.3 Å². The molecule has 1 aliphatic rings. The number of thioether (sulfide) groups is 1. The number of amides is 1. The summed E-state index contributed by atoms with van der Waals surface area (Å²) in [5, 5.41) is 8.92. The minimum atomic E-state index is -0.0177. The zero-order chi connectivity index (χ0) is 20.3. The minimum absolute atomic E-state index is 0.0177. The summed E-state index contributed by atoms with van der Waals surface area (Å²) in [6, 6.07) is 25.7. The lowest BCUT2D eigenvalue weighted by atomic mass is 10.2. The van der Waals surface area contributed by atoms with Crippen LogP contribution in [0.1, 0.15) is 0 Å². The zero-order valence-electron chi connectivity index (χ0n) is 15.8. The predicted molar refractivity (Wildman–Crippen MR) is 120 cm³/mol. The van der Waals surface area contributed by atoms with Gasteiger partial charge in [0.15, 0.2) is 0 Å². The number of nitrogens with zero attached hydrogens (tertiary/aromatic N) is 4. The second-order valence-electron chi connectivity index (χ2n) is 6.55. The van der Waals surface area contributed by atoms with Crippen LogP contribution >= 0.6 is 23.5 Å². The van der Waals surface area contributed by atoms with Crippen LogP contribution in [-0.2, 0) is 4.79 Å². The highest BCUT2D eigenvalue weighted by Gasteiger charge is 2.27. The third-order valence-corrected chi connectivity index (χ3v) is 6.58. The fourth-order valence-electron chi connectivity index (χ4n) is 3.24. The van der Waals surface area contributed by atoms with Crippen LogP contribution in [0.2, 0.25) is 0 Å². The maximum atomic E-state index is 13.2. The highest BCUT2D eigenvalue weighted by molar-refractivity contribution is 8.00. The number of para-hydroxylation sites is 2. The number of hydrogen-bond acceptors (Lipinski definition) is 6. The molecule has 0 unspecified atom stereocenters. The van der Waals surface area contributed by atoms with Gasteiger partial charge in [-0.15, -0.1) is 10.2 Å². The Hall–Kier alpha value is -3.16. The number of aromatic nitrogens is 3. The molecule has 0 radical (unpaired) electrons. The first kappa shape index (κ1) is 18.8. The van der Waals surface area contributed by atoms with E-state index in [1.165, 1.54) is 11.8 Å². The molecule has 1 aliphatic heterocycles. The van der Waals surface area contributed by atoms with Gasteiger partial charge in [0.05, 0.1) is 23.3 Å². The molecule has 0 aliphatic carbocycles. The molecule has 0 atom stereocenters. The molecule has 4 aromatic rings. The van der Waals surface area contributed by atoms with Crippen molar-refractivity contribution in [1.29, 1.82) is 0 Å². The summed E-state index contributed by atoms with van der Waals surface area (Å²) in [7, 11) is 0. The number of carbonyl (C=O) groups is 1. The molecule has 0 spiro atoms. The van der Waals surface area contributed by atoms with E-state index in [0.717, 1.165) is 26.7 Å². The number of carbonyl (C=O) groups excluding carboxylic acids is 1. The smallest absolute Gasteiger partial charge is 0.242 e. The van der Waals surface area contributed by atoms with Crippen LogP contribution in [0, 0.1) is 0 Å². The molecule has 7 heteroatoms. The lowest BCUT2D eigenvalue weighted by Gasteiger charge is -2.30. The summed E-state index contributed by atoms with van der Waals surface area (Å²) in [4.78, 5) is 21.5. The Morgan fingerprint density at radius 2 is 1.47 bits per heavy atom. The number of fused-ring (bicyclic) bond motifs is 2. The largest absolute Gasteiger partial charge is 0.278 e. The molecule has 1 amide bonds. The van der Waals surface area contributed by atoms with Crippen molar-refractivity contribution in [2.75, 3.05) is 10.7 Å². The normalized spacial score (nSPS) is 12.2. The molecular formula is C23H16N4OS2. The standard InChI is InChI=1S/C23H16N4OS2/c28-22(15-29-23-24-14-17(25-26-23)16-8-2-1-3-9-16)27-18-10-4-6-12-20(18)30-21-13-7-5-11-19(21)27/h1-14H,15H2. The first-order valence-electron chi connectivity index (χ1n) is 9.36. The van der Waals surface area contributed by atoms with Crippen molar-refractivity contribution >= 4 is 40.8 Å². The molecule has 5 rings (SSSR count). The van der Waals surface area contributed by atoms with Crippen molar-refractivity contribution in [2.45, 2.75) is 14.9 Å². The maximum Gasteiger partial charge on any atom is 0.242 e. The average Bonchev–Trinajstić information content (AvgIpc) is 2.82. The summed E-state index contributed by atoms with van der Waals surface area (Å²) in [6.45, 7) is 0. The molecule has 146 valence electrons. The monoisotopic (exact) mass is 428 g/mol. The summed E-state index contributed by atoms with van der Waals surface area (Å²) in [6.07, 6.45) is 1.69. The molecule has 0 N–H and O–H groups in total. The van der Waals surface area contributed by atoms with E-state index in [9.17, 15) is 4.79 Å². The van der Waals surface area contributed by atoms with Crippen molar-refractivity contribution in [2.24, 2.45) is 0 Å². The average molecular weight is 429 g/mol. The molecule has 2 heterocycles. The van der Waals surface area contributed by atoms with Gasteiger partial charge in [-0.05, 0) is 24.3 Å². The first-order valence-corrected chi connectivity index (χ1v) is 11.2. The van der Waals surface area contributed by atoms with Crippen LogP contribution in [0.15, 0.2) is 100 Å². The maximum absolute atomic E-state index is 13.2. The Bertz CT molecular complexity index is 1150. The Balaban J connectivity index is 1.35. The Kier molecular flexibility index (Phi) is 5.21. The van der Waals surface area contributed by atoms with E-state index in [0.29, 0.717) is 10.9 Å². The Labute approximate surface area is 182 Å². The molecular weight excluding hydrogens is 412 g/mol. The van der Waals surface area contributed by atoms with Crippen molar-refractivity contribution in [3.63, 3.8) is 0 Å². The van der Waals surface area contributed by atoms with Gasteiger partial charge >= 0.3 is 0 Å². The lowest BCUT2D eigenvalue weighted by molar-refractivity contribution is -0.115. The molecule has 0 fully saturated rings. The molecule has 1 aromatic heterocycles. The van der Waals surface area contributed by atoms with E-state index in [1.54, 1.807) is 22.9 Å². The molecule has 0 saturated carbocycles. The van der Waals surface area contributed by atoms with E-state index in [-0.39, 0.29) is 11.7 Å². The van der Waals surface area contributed by atoms with Gasteiger partial charge in [-0.2, -0.15) is 0 Å². The summed E-state index contributed by atoms with van der Waals surface area (Å²) in [5.74, 6) is 0.204. The van der Waals surface area contributed by atoms with E-state index >= 15 is 0 Å². The molecule has 5 nitrogen and oxygen atoms in total. The van der Waals surface area contributed by atoms with Crippen molar-refractivity contribution in [3.05, 3.63) is 85.1 Å². The van der Waals surface area contributed by atoms with Gasteiger partial charge < -0.3 is 0 Å². The second kappa shape index (κ2) is 8.30. The van der Waals surface area contributed by atoms with Crippen LogP contribution in [0.4, 0.5) is 11.4 Å². The predicted octanol–water partition coefficient (Wildman–Crippen LogP) is 5.46. The number of benzene rings is 3. The summed E-state index contributed by atoms with van der Waals surface area (Å²) in [5.41, 5.74) is 3.49. The van der Waals surface area contributed by atoms with E-state index in [1.807, 2.05) is 78.9 Å². The first-order chi connectivity index (χ1) is 14.8. The third kappa shape index (κ3) is 3.69. The lowest BCUT2D eigenvalue weighted by Crippen LogP contribution is -2.30. The van der Waals surface area contributed by atoms with Crippen LogP contribution in [0.5, 0.6) is 0 Å². The van der Waals surface area contributed by atoms with E-state index in [2.05, 4.69) is 15.2 Å². The highest BCUT2D eigenvalue weighted by Crippen LogP contribution is 2.48. The summed E-state index contributed by atoms with van der Waals surface area (Å²) < 4.78 is 0. The highest BCUT2D eigenvalue weighted by atomic mass is 32.2. The Morgan fingerprint density at radius 1 is 0.833 bits per heavy atom. The third-order valence-electron chi connectivity index (χ3n) is 4.62. The van der Waals surface area contributed by atoms with Crippen LogP contribution < -0.4 is 4.90 Å². The van der Waals surface area contributed by atoms with Gasteiger partial charge in [0.2, 0.25) is 11.1 Å². The van der Waals surface area contributed by atoms with Crippen LogP contribution in [-0.4, -0.2) is 26.8 Å². The minimum Gasteiger partial charge on any atom is -0.278 e. The number of rotatable bonds is 4. The van der Waals surface area contributed by atoms with Crippen molar-refractivity contribution < 1.29 is 4.79 Å². The van der Waals surface area contributed by atoms with E-state index in [4.69, 9.17) is 0 Å². The van der Waals surface area contributed by atoms with Gasteiger partial charge in [-0.1, -0.05) is 78.1 Å². The van der Waals surface area contributed by atoms with Crippen molar-refractivity contribution in [1.82, 2.24) is 15.2 Å². The van der Waals surface area contributed by atoms with E-state index < -0.39 is 0 Å². The molecule has 30 heavy (non-hydrogen) atoms. The van der Waals surface area contributed by atoms with Gasteiger partial charge in [-0.3, -0.25) is 9.69 Å². The van der Waals surface area contributed by atoms with Gasteiger partial charge in [0.1, 0.15) is 5.69 Å². The fraction of sp³-hybridized carbons (Fsp3) is 0.0435. The van der Waals surface area contributed by atoms with Gasteiger partial charge in [0.25, 0.3) is 0 Å². The Morgan fingerprint density at radius 3 is 2.10 bits per heavy atom. The molecule has 0 bridgehead atoms. The van der Waals surface area contributed by atoms with Crippen LogP contribution in [0.3, 0.4) is 0 Å².